The lowest BCUT2D eigenvalue weighted by molar-refractivity contribution is 0.204. The molecule has 2 aromatic rings. The Labute approximate surface area is 121 Å². The molecule has 1 N–H and O–H groups in total. The van der Waals surface area contributed by atoms with Crippen molar-refractivity contribution < 1.29 is 9.84 Å². The molecule has 0 spiro atoms. The third-order valence-corrected chi connectivity index (χ3v) is 3.58. The van der Waals surface area contributed by atoms with Crippen molar-refractivity contribution >= 4 is 15.9 Å². The SMILES string of the molecule is COc1ccc(C(O)c2c(Br)cnn2C(C)C)cc1. The van der Waals surface area contributed by atoms with Crippen LogP contribution in [0, 0.1) is 0 Å². The lowest BCUT2D eigenvalue weighted by Gasteiger charge is -2.17. The van der Waals surface area contributed by atoms with Gasteiger partial charge >= 0.3 is 0 Å². The number of benzene rings is 1. The Balaban J connectivity index is 2.37. The molecule has 5 heteroatoms. The normalized spacial score (nSPS) is 12.7. The van der Waals surface area contributed by atoms with E-state index in [0.717, 1.165) is 21.5 Å². The summed E-state index contributed by atoms with van der Waals surface area (Å²) in [5, 5.41) is 14.8. The number of hydrogen-bond acceptors (Lipinski definition) is 3. The fourth-order valence-corrected chi connectivity index (χ4v) is 2.45. The van der Waals surface area contributed by atoms with E-state index >= 15 is 0 Å². The van der Waals surface area contributed by atoms with Crippen LogP contribution >= 0.6 is 15.9 Å². The summed E-state index contributed by atoms with van der Waals surface area (Å²) in [6.45, 7) is 4.06. The van der Waals surface area contributed by atoms with Crippen LogP contribution in [0.2, 0.25) is 0 Å². The van der Waals surface area contributed by atoms with Crippen molar-refractivity contribution in [3.05, 3.63) is 46.2 Å². The van der Waals surface area contributed by atoms with Gasteiger partial charge in [0.2, 0.25) is 0 Å². The Morgan fingerprint density at radius 3 is 2.42 bits per heavy atom. The summed E-state index contributed by atoms with van der Waals surface area (Å²) in [4.78, 5) is 0. The molecule has 0 amide bonds. The summed E-state index contributed by atoms with van der Waals surface area (Å²) in [6.07, 6.45) is 0.993. The molecule has 0 saturated heterocycles. The number of rotatable bonds is 4. The summed E-state index contributed by atoms with van der Waals surface area (Å²) in [5.41, 5.74) is 1.57. The zero-order chi connectivity index (χ0) is 14.0. The molecular formula is C14H17BrN2O2. The zero-order valence-electron chi connectivity index (χ0n) is 11.2. The van der Waals surface area contributed by atoms with Gasteiger partial charge in [-0.1, -0.05) is 12.1 Å². The second-order valence-corrected chi connectivity index (χ2v) is 5.45. The summed E-state index contributed by atoms with van der Waals surface area (Å²) in [7, 11) is 1.62. The summed E-state index contributed by atoms with van der Waals surface area (Å²) >= 11 is 3.44. The van der Waals surface area contributed by atoms with Gasteiger partial charge in [0.1, 0.15) is 11.9 Å². The molecule has 1 unspecified atom stereocenters. The van der Waals surface area contributed by atoms with Crippen LogP contribution in [0.5, 0.6) is 5.75 Å². The van der Waals surface area contributed by atoms with E-state index in [1.807, 2.05) is 42.8 Å². The maximum Gasteiger partial charge on any atom is 0.122 e. The van der Waals surface area contributed by atoms with Crippen LogP contribution in [0.15, 0.2) is 34.9 Å². The van der Waals surface area contributed by atoms with Gasteiger partial charge in [-0.15, -0.1) is 0 Å². The quantitative estimate of drug-likeness (QED) is 0.938. The first-order chi connectivity index (χ1) is 9.04. The minimum absolute atomic E-state index is 0.189. The monoisotopic (exact) mass is 324 g/mol. The van der Waals surface area contributed by atoms with Gasteiger partial charge in [-0.25, -0.2) is 0 Å². The summed E-state index contributed by atoms with van der Waals surface area (Å²) in [6, 6.07) is 7.57. The Morgan fingerprint density at radius 1 is 1.26 bits per heavy atom. The van der Waals surface area contributed by atoms with Crippen LogP contribution in [-0.4, -0.2) is 22.0 Å². The van der Waals surface area contributed by atoms with Gasteiger partial charge in [0.25, 0.3) is 0 Å². The van der Waals surface area contributed by atoms with Gasteiger partial charge in [0.05, 0.1) is 23.5 Å². The number of ether oxygens (including phenoxy) is 1. The van der Waals surface area contributed by atoms with E-state index in [1.54, 1.807) is 13.3 Å². The summed E-state index contributed by atoms with van der Waals surface area (Å²) < 4.78 is 7.75. The highest BCUT2D eigenvalue weighted by atomic mass is 79.9. The van der Waals surface area contributed by atoms with Crippen LogP contribution in [0.25, 0.3) is 0 Å². The van der Waals surface area contributed by atoms with Gasteiger partial charge in [-0.2, -0.15) is 5.10 Å². The summed E-state index contributed by atoms with van der Waals surface area (Å²) in [5.74, 6) is 0.771. The lowest BCUT2D eigenvalue weighted by Crippen LogP contribution is -2.12. The predicted octanol–water partition coefficient (Wildman–Crippen LogP) is 3.32. The standard InChI is InChI=1S/C14H17BrN2O2/c1-9(2)17-13(12(15)8-16-17)14(18)10-4-6-11(19-3)7-5-10/h4-9,14,18H,1-3H3. The van der Waals surface area contributed by atoms with Gasteiger partial charge in [0.15, 0.2) is 0 Å². The van der Waals surface area contributed by atoms with Crippen LogP contribution in [0.4, 0.5) is 0 Å². The average Bonchev–Trinajstić information content (AvgIpc) is 2.80. The minimum atomic E-state index is -0.717. The number of aromatic nitrogens is 2. The van der Waals surface area contributed by atoms with Crippen molar-refractivity contribution in [3.8, 4) is 5.75 Å². The Kier molecular flexibility index (Phi) is 4.27. The van der Waals surface area contributed by atoms with Crippen LogP contribution in [0.1, 0.15) is 37.3 Å². The maximum atomic E-state index is 10.5. The largest absolute Gasteiger partial charge is 0.497 e. The predicted molar refractivity (Wildman–Crippen MR) is 77.4 cm³/mol. The molecule has 19 heavy (non-hydrogen) atoms. The van der Waals surface area contributed by atoms with E-state index in [2.05, 4.69) is 21.0 Å². The Hall–Kier alpha value is -1.33. The van der Waals surface area contributed by atoms with Gasteiger partial charge in [-0.3, -0.25) is 4.68 Å². The molecule has 1 heterocycles. The van der Waals surface area contributed by atoms with E-state index in [1.165, 1.54) is 0 Å². The van der Waals surface area contributed by atoms with Gasteiger partial charge in [0, 0.05) is 6.04 Å². The smallest absolute Gasteiger partial charge is 0.122 e. The highest BCUT2D eigenvalue weighted by Crippen LogP contribution is 2.31. The molecule has 1 aromatic heterocycles. The highest BCUT2D eigenvalue weighted by molar-refractivity contribution is 9.10. The molecule has 0 fully saturated rings. The number of hydrogen-bond donors (Lipinski definition) is 1. The highest BCUT2D eigenvalue weighted by Gasteiger charge is 2.20. The minimum Gasteiger partial charge on any atom is -0.497 e. The molecule has 0 saturated carbocycles. The average molecular weight is 325 g/mol. The first-order valence-corrected chi connectivity index (χ1v) is 6.88. The first-order valence-electron chi connectivity index (χ1n) is 6.09. The van der Waals surface area contributed by atoms with Crippen LogP contribution in [-0.2, 0) is 0 Å². The van der Waals surface area contributed by atoms with Crippen molar-refractivity contribution in [2.75, 3.05) is 7.11 Å². The van der Waals surface area contributed by atoms with Crippen molar-refractivity contribution in [2.24, 2.45) is 0 Å². The molecule has 0 aliphatic carbocycles. The first kappa shape index (κ1) is 14.1. The van der Waals surface area contributed by atoms with Crippen LogP contribution in [0.3, 0.4) is 0 Å². The second kappa shape index (κ2) is 5.75. The number of halogens is 1. The molecule has 2 rings (SSSR count). The molecule has 0 radical (unpaired) electrons. The topological polar surface area (TPSA) is 47.3 Å². The van der Waals surface area contributed by atoms with E-state index in [0.29, 0.717) is 0 Å². The second-order valence-electron chi connectivity index (χ2n) is 4.59. The molecule has 0 aliphatic rings. The zero-order valence-corrected chi connectivity index (χ0v) is 12.8. The third kappa shape index (κ3) is 2.82. The number of aliphatic hydroxyl groups is 1. The van der Waals surface area contributed by atoms with Crippen LogP contribution < -0.4 is 4.74 Å². The van der Waals surface area contributed by atoms with Crippen molar-refractivity contribution in [1.29, 1.82) is 0 Å². The molecule has 102 valence electrons. The molecule has 0 aliphatic heterocycles. The van der Waals surface area contributed by atoms with E-state index in [9.17, 15) is 5.11 Å². The number of methoxy groups -OCH3 is 1. The third-order valence-electron chi connectivity index (χ3n) is 2.97. The van der Waals surface area contributed by atoms with Gasteiger partial charge in [-0.05, 0) is 47.5 Å². The molecule has 0 bridgehead atoms. The Morgan fingerprint density at radius 2 is 1.89 bits per heavy atom. The Bertz CT molecular complexity index is 549. The lowest BCUT2D eigenvalue weighted by atomic mass is 10.1. The molecule has 4 nitrogen and oxygen atoms in total. The van der Waals surface area contributed by atoms with Gasteiger partial charge < -0.3 is 9.84 Å². The van der Waals surface area contributed by atoms with Crippen molar-refractivity contribution in [1.82, 2.24) is 9.78 Å². The molecular weight excluding hydrogens is 308 g/mol. The van der Waals surface area contributed by atoms with E-state index in [-0.39, 0.29) is 6.04 Å². The molecule has 1 atom stereocenters. The van der Waals surface area contributed by atoms with Crippen molar-refractivity contribution in [3.63, 3.8) is 0 Å². The molecule has 1 aromatic carbocycles. The fraction of sp³-hybridized carbons (Fsp3) is 0.357. The maximum absolute atomic E-state index is 10.5. The fourth-order valence-electron chi connectivity index (χ4n) is 1.96. The van der Waals surface area contributed by atoms with E-state index < -0.39 is 6.10 Å². The van der Waals surface area contributed by atoms with Crippen molar-refractivity contribution in [2.45, 2.75) is 26.0 Å². The number of aliphatic hydroxyl groups excluding tert-OH is 1. The number of nitrogens with zero attached hydrogens (tertiary/aromatic N) is 2. The van der Waals surface area contributed by atoms with E-state index in [4.69, 9.17) is 4.74 Å².